The van der Waals surface area contributed by atoms with Crippen molar-refractivity contribution in [3.05, 3.63) is 89.7 Å². The molecule has 1 atom stereocenters. The third kappa shape index (κ3) is 5.55. The van der Waals surface area contributed by atoms with Crippen LogP contribution in [0.5, 0.6) is 0 Å². The maximum Gasteiger partial charge on any atom is 0.258 e. The second-order valence-corrected chi connectivity index (χ2v) is 7.12. The SMILES string of the molecule is CNc1cccc(C(C)NC(=S)Nc2ccc(NC(=O)c3ccccc3F)cc2)c1. The van der Waals surface area contributed by atoms with E-state index in [0.717, 1.165) is 16.9 Å². The molecule has 0 fully saturated rings. The van der Waals surface area contributed by atoms with E-state index in [9.17, 15) is 9.18 Å². The summed E-state index contributed by atoms with van der Waals surface area (Å²) in [4.78, 5) is 12.2. The van der Waals surface area contributed by atoms with Gasteiger partial charge in [-0.15, -0.1) is 0 Å². The molecule has 0 radical (unpaired) electrons. The van der Waals surface area contributed by atoms with Gasteiger partial charge in [0.25, 0.3) is 5.91 Å². The normalized spacial score (nSPS) is 11.3. The van der Waals surface area contributed by atoms with Crippen LogP contribution in [0.2, 0.25) is 0 Å². The van der Waals surface area contributed by atoms with Crippen molar-refractivity contribution in [2.45, 2.75) is 13.0 Å². The van der Waals surface area contributed by atoms with Crippen LogP contribution >= 0.6 is 12.2 Å². The van der Waals surface area contributed by atoms with Crippen LogP contribution in [0.1, 0.15) is 28.9 Å². The number of rotatable bonds is 6. The molecule has 3 rings (SSSR count). The van der Waals surface area contributed by atoms with E-state index in [-0.39, 0.29) is 11.6 Å². The van der Waals surface area contributed by atoms with Crippen LogP contribution in [0.3, 0.4) is 0 Å². The average molecular weight is 423 g/mol. The van der Waals surface area contributed by atoms with Crippen LogP contribution in [0.4, 0.5) is 21.5 Å². The highest BCUT2D eigenvalue weighted by Crippen LogP contribution is 2.18. The first-order valence-electron chi connectivity index (χ1n) is 9.47. The summed E-state index contributed by atoms with van der Waals surface area (Å²) < 4.78 is 13.7. The zero-order chi connectivity index (χ0) is 21.5. The van der Waals surface area contributed by atoms with Crippen LogP contribution in [-0.2, 0) is 0 Å². The van der Waals surface area contributed by atoms with Crippen molar-refractivity contribution in [1.82, 2.24) is 5.32 Å². The lowest BCUT2D eigenvalue weighted by Gasteiger charge is -2.18. The summed E-state index contributed by atoms with van der Waals surface area (Å²) >= 11 is 5.41. The molecule has 0 spiro atoms. The van der Waals surface area contributed by atoms with Crippen LogP contribution < -0.4 is 21.3 Å². The number of halogens is 1. The zero-order valence-electron chi connectivity index (χ0n) is 16.7. The first kappa shape index (κ1) is 21.3. The Hall–Kier alpha value is -3.45. The summed E-state index contributed by atoms with van der Waals surface area (Å²) in [6.07, 6.45) is 0. The molecule has 0 aliphatic heterocycles. The predicted octanol–water partition coefficient (Wildman–Crippen LogP) is 5.17. The number of hydrogen-bond acceptors (Lipinski definition) is 3. The Morgan fingerprint density at radius 1 is 0.900 bits per heavy atom. The van der Waals surface area contributed by atoms with E-state index in [1.54, 1.807) is 36.4 Å². The second kappa shape index (κ2) is 9.84. The number of thiocarbonyl (C=S) groups is 1. The van der Waals surface area contributed by atoms with Crippen molar-refractivity contribution in [2.75, 3.05) is 23.0 Å². The van der Waals surface area contributed by atoms with Gasteiger partial charge < -0.3 is 21.3 Å². The van der Waals surface area contributed by atoms with Gasteiger partial charge in [0.2, 0.25) is 0 Å². The Morgan fingerprint density at radius 3 is 2.23 bits per heavy atom. The van der Waals surface area contributed by atoms with Crippen molar-refractivity contribution in [3.63, 3.8) is 0 Å². The Balaban J connectivity index is 1.56. The third-order valence-electron chi connectivity index (χ3n) is 4.54. The zero-order valence-corrected chi connectivity index (χ0v) is 17.5. The van der Waals surface area contributed by atoms with E-state index in [2.05, 4.69) is 27.3 Å². The first-order chi connectivity index (χ1) is 14.5. The number of hydrogen-bond donors (Lipinski definition) is 4. The van der Waals surface area contributed by atoms with Gasteiger partial charge in [0.1, 0.15) is 5.82 Å². The highest BCUT2D eigenvalue weighted by molar-refractivity contribution is 7.80. The summed E-state index contributed by atoms with van der Waals surface area (Å²) in [7, 11) is 1.88. The fourth-order valence-electron chi connectivity index (χ4n) is 2.89. The van der Waals surface area contributed by atoms with E-state index in [1.165, 1.54) is 12.1 Å². The van der Waals surface area contributed by atoms with Gasteiger partial charge in [0, 0.05) is 24.1 Å². The number of carbonyl (C=O) groups excluding carboxylic acids is 1. The standard InChI is InChI=1S/C23H23FN4OS/c1-15(16-6-5-7-19(14-16)25-2)26-23(30)28-18-12-10-17(11-13-18)27-22(29)20-8-3-4-9-21(20)24/h3-15,25H,1-2H3,(H,27,29)(H2,26,28,30). The minimum atomic E-state index is -0.556. The number of anilines is 3. The van der Waals surface area contributed by atoms with E-state index in [1.807, 2.05) is 32.2 Å². The van der Waals surface area contributed by atoms with Crippen molar-refractivity contribution < 1.29 is 9.18 Å². The average Bonchev–Trinajstić information content (AvgIpc) is 2.75. The molecule has 30 heavy (non-hydrogen) atoms. The van der Waals surface area contributed by atoms with Crippen molar-refractivity contribution in [1.29, 1.82) is 0 Å². The molecule has 1 amide bonds. The number of benzene rings is 3. The van der Waals surface area contributed by atoms with Gasteiger partial charge in [-0.2, -0.15) is 0 Å². The molecule has 3 aromatic carbocycles. The molecule has 0 aliphatic rings. The molecule has 1 unspecified atom stereocenters. The van der Waals surface area contributed by atoms with Gasteiger partial charge in [0.05, 0.1) is 11.6 Å². The third-order valence-corrected chi connectivity index (χ3v) is 4.76. The molecule has 0 saturated heterocycles. The monoisotopic (exact) mass is 422 g/mol. The summed E-state index contributed by atoms with van der Waals surface area (Å²) in [5, 5.41) is 12.7. The lowest BCUT2D eigenvalue weighted by Crippen LogP contribution is -2.30. The smallest absolute Gasteiger partial charge is 0.258 e. The Bertz CT molecular complexity index is 1040. The van der Waals surface area contributed by atoms with Gasteiger partial charge in [-0.1, -0.05) is 24.3 Å². The quantitative estimate of drug-likeness (QED) is 0.413. The van der Waals surface area contributed by atoms with Gasteiger partial charge in [0.15, 0.2) is 5.11 Å². The van der Waals surface area contributed by atoms with E-state index >= 15 is 0 Å². The number of carbonyl (C=O) groups is 1. The Kier molecular flexibility index (Phi) is 6.98. The second-order valence-electron chi connectivity index (χ2n) is 6.71. The largest absolute Gasteiger partial charge is 0.388 e. The van der Waals surface area contributed by atoms with Crippen LogP contribution in [0, 0.1) is 5.82 Å². The minimum Gasteiger partial charge on any atom is -0.388 e. The lowest BCUT2D eigenvalue weighted by molar-refractivity contribution is 0.102. The fraction of sp³-hybridized carbons (Fsp3) is 0.130. The Labute approximate surface area is 180 Å². The van der Waals surface area contributed by atoms with Crippen molar-refractivity contribution in [3.8, 4) is 0 Å². The van der Waals surface area contributed by atoms with Crippen molar-refractivity contribution >= 4 is 40.3 Å². The lowest BCUT2D eigenvalue weighted by atomic mass is 10.1. The van der Waals surface area contributed by atoms with E-state index in [4.69, 9.17) is 12.2 Å². The number of nitrogens with one attached hydrogen (secondary N) is 4. The van der Waals surface area contributed by atoms with E-state index < -0.39 is 11.7 Å². The van der Waals surface area contributed by atoms with Gasteiger partial charge >= 0.3 is 0 Å². The molecule has 154 valence electrons. The fourth-order valence-corrected chi connectivity index (χ4v) is 3.19. The van der Waals surface area contributed by atoms with Gasteiger partial charge in [-0.25, -0.2) is 4.39 Å². The molecule has 3 aromatic rings. The van der Waals surface area contributed by atoms with E-state index in [0.29, 0.717) is 10.8 Å². The molecular weight excluding hydrogens is 399 g/mol. The maximum atomic E-state index is 13.7. The number of amides is 1. The molecule has 5 nitrogen and oxygen atoms in total. The highest BCUT2D eigenvalue weighted by Gasteiger charge is 2.11. The molecule has 7 heteroatoms. The minimum absolute atomic E-state index is 0.00130. The summed E-state index contributed by atoms with van der Waals surface area (Å²) in [6.45, 7) is 2.03. The summed E-state index contributed by atoms with van der Waals surface area (Å²) in [5.74, 6) is -1.05. The van der Waals surface area contributed by atoms with Gasteiger partial charge in [-0.3, -0.25) is 4.79 Å². The Morgan fingerprint density at radius 2 is 1.57 bits per heavy atom. The van der Waals surface area contributed by atoms with Crippen LogP contribution in [0.15, 0.2) is 72.8 Å². The first-order valence-corrected chi connectivity index (χ1v) is 9.88. The maximum absolute atomic E-state index is 13.7. The molecule has 4 N–H and O–H groups in total. The van der Waals surface area contributed by atoms with Crippen LogP contribution in [0.25, 0.3) is 0 Å². The highest BCUT2D eigenvalue weighted by atomic mass is 32.1. The van der Waals surface area contributed by atoms with Crippen LogP contribution in [-0.4, -0.2) is 18.1 Å². The molecule has 0 bridgehead atoms. The topological polar surface area (TPSA) is 65.2 Å². The van der Waals surface area contributed by atoms with Crippen molar-refractivity contribution in [2.24, 2.45) is 0 Å². The van der Waals surface area contributed by atoms with Gasteiger partial charge in [-0.05, 0) is 73.2 Å². The summed E-state index contributed by atoms with van der Waals surface area (Å²) in [6, 6.07) is 21.0. The molecule has 0 aliphatic carbocycles. The predicted molar refractivity (Wildman–Crippen MR) is 125 cm³/mol. The summed E-state index contributed by atoms with van der Waals surface area (Å²) in [5.41, 5.74) is 3.48. The molecule has 0 aromatic heterocycles. The molecule has 0 heterocycles. The molecular formula is C23H23FN4OS. The molecule has 0 saturated carbocycles.